The number of benzene rings is 1. The van der Waals surface area contributed by atoms with E-state index < -0.39 is 11.4 Å². The molecule has 0 saturated heterocycles. The molecule has 0 aromatic heterocycles. The smallest absolute Gasteiger partial charge is 0.125 e. The molecule has 0 spiro atoms. The Morgan fingerprint density at radius 2 is 2.13 bits per heavy atom. The Morgan fingerprint density at radius 3 is 2.60 bits per heavy atom. The highest BCUT2D eigenvalue weighted by atomic mass is 79.9. The van der Waals surface area contributed by atoms with Gasteiger partial charge in [-0.1, -0.05) is 11.6 Å². The van der Waals surface area contributed by atoms with Gasteiger partial charge in [0.05, 0.1) is 16.3 Å². The van der Waals surface area contributed by atoms with Crippen molar-refractivity contribution >= 4 is 33.2 Å². The molecule has 0 saturated carbocycles. The summed E-state index contributed by atoms with van der Waals surface area (Å²) >= 11 is 9.05. The zero-order valence-electron chi connectivity index (χ0n) is 8.44. The molecule has 0 bridgehead atoms. The van der Waals surface area contributed by atoms with Crippen molar-refractivity contribution in [3.8, 4) is 0 Å². The maximum absolute atomic E-state index is 12.9. The first-order valence-corrected chi connectivity index (χ1v) is 5.57. The Kier molecular flexibility index (Phi) is 3.98. The lowest BCUT2D eigenvalue weighted by Crippen LogP contribution is -2.29. The van der Waals surface area contributed by atoms with Crippen LogP contribution < -0.4 is 5.32 Å². The van der Waals surface area contributed by atoms with Crippen molar-refractivity contribution in [2.24, 2.45) is 0 Å². The molecular weight excluding hydrogens is 284 g/mol. The van der Waals surface area contributed by atoms with Gasteiger partial charge < -0.3 is 10.4 Å². The molecule has 0 aliphatic carbocycles. The van der Waals surface area contributed by atoms with Gasteiger partial charge in [-0.05, 0) is 41.9 Å². The number of rotatable bonds is 3. The van der Waals surface area contributed by atoms with Gasteiger partial charge in [-0.25, -0.2) is 4.39 Å². The summed E-state index contributed by atoms with van der Waals surface area (Å²) in [5, 5.41) is 12.8. The van der Waals surface area contributed by atoms with Crippen LogP contribution in [0.5, 0.6) is 0 Å². The SMILES string of the molecule is CC(C)(O)CNc1c(Cl)cc(F)cc1Br. The van der Waals surface area contributed by atoms with Gasteiger partial charge in [0.1, 0.15) is 5.82 Å². The van der Waals surface area contributed by atoms with Crippen molar-refractivity contribution in [3.63, 3.8) is 0 Å². The summed E-state index contributed by atoms with van der Waals surface area (Å²) in [7, 11) is 0. The van der Waals surface area contributed by atoms with E-state index in [2.05, 4.69) is 21.2 Å². The van der Waals surface area contributed by atoms with E-state index in [4.69, 9.17) is 11.6 Å². The van der Waals surface area contributed by atoms with Gasteiger partial charge in [0.25, 0.3) is 0 Å². The van der Waals surface area contributed by atoms with E-state index in [9.17, 15) is 9.50 Å². The lowest BCUT2D eigenvalue weighted by atomic mass is 10.1. The second-order valence-corrected chi connectivity index (χ2v) is 5.17. The van der Waals surface area contributed by atoms with Crippen LogP contribution >= 0.6 is 27.5 Å². The van der Waals surface area contributed by atoms with E-state index >= 15 is 0 Å². The lowest BCUT2D eigenvalue weighted by molar-refractivity contribution is 0.0945. The Labute approximate surface area is 102 Å². The van der Waals surface area contributed by atoms with Gasteiger partial charge in [-0.2, -0.15) is 0 Å². The molecule has 0 radical (unpaired) electrons. The largest absolute Gasteiger partial charge is 0.389 e. The van der Waals surface area contributed by atoms with Crippen LogP contribution in [0.15, 0.2) is 16.6 Å². The van der Waals surface area contributed by atoms with Crippen molar-refractivity contribution in [1.82, 2.24) is 0 Å². The number of anilines is 1. The molecule has 0 atom stereocenters. The van der Waals surface area contributed by atoms with E-state index in [0.717, 1.165) is 0 Å². The van der Waals surface area contributed by atoms with Crippen molar-refractivity contribution in [1.29, 1.82) is 0 Å². The zero-order valence-corrected chi connectivity index (χ0v) is 10.8. The van der Waals surface area contributed by atoms with Crippen molar-refractivity contribution in [3.05, 3.63) is 27.4 Å². The summed E-state index contributed by atoms with van der Waals surface area (Å²) in [5.41, 5.74) is -0.267. The highest BCUT2D eigenvalue weighted by molar-refractivity contribution is 9.10. The Bertz CT molecular complexity index is 342. The van der Waals surface area contributed by atoms with Crippen LogP contribution in [0.4, 0.5) is 10.1 Å². The molecule has 1 aromatic rings. The normalized spacial score (nSPS) is 11.6. The van der Waals surface area contributed by atoms with Crippen LogP contribution in [0.2, 0.25) is 5.02 Å². The molecule has 84 valence electrons. The summed E-state index contributed by atoms with van der Waals surface area (Å²) in [6.07, 6.45) is 0. The molecule has 2 nitrogen and oxygen atoms in total. The molecule has 0 amide bonds. The predicted octanol–water partition coefficient (Wildman–Crippen LogP) is 3.42. The average Bonchev–Trinajstić information content (AvgIpc) is 1.99. The molecule has 1 aromatic carbocycles. The number of aliphatic hydroxyl groups is 1. The Balaban J connectivity index is 2.86. The summed E-state index contributed by atoms with van der Waals surface area (Å²) in [5.74, 6) is -0.402. The second kappa shape index (κ2) is 4.68. The molecular formula is C10H12BrClFNO. The molecule has 0 fully saturated rings. The van der Waals surface area contributed by atoms with Crippen molar-refractivity contribution in [2.75, 3.05) is 11.9 Å². The van der Waals surface area contributed by atoms with Crippen LogP contribution in [0.1, 0.15) is 13.8 Å². The van der Waals surface area contributed by atoms with E-state index in [1.807, 2.05) is 0 Å². The van der Waals surface area contributed by atoms with Crippen LogP contribution in [0.25, 0.3) is 0 Å². The van der Waals surface area contributed by atoms with Crippen LogP contribution in [0.3, 0.4) is 0 Å². The number of nitrogens with one attached hydrogen (secondary N) is 1. The Morgan fingerprint density at radius 1 is 1.53 bits per heavy atom. The van der Waals surface area contributed by atoms with Gasteiger partial charge >= 0.3 is 0 Å². The Hall–Kier alpha value is -0.320. The fourth-order valence-electron chi connectivity index (χ4n) is 1.02. The summed E-state index contributed by atoms with van der Waals surface area (Å²) in [6.45, 7) is 3.67. The van der Waals surface area contributed by atoms with Gasteiger partial charge in [-0.3, -0.25) is 0 Å². The molecule has 0 heterocycles. The highest BCUT2D eigenvalue weighted by Gasteiger charge is 2.14. The zero-order chi connectivity index (χ0) is 11.6. The summed E-state index contributed by atoms with van der Waals surface area (Å²) < 4.78 is 13.4. The van der Waals surface area contributed by atoms with E-state index in [1.165, 1.54) is 12.1 Å². The third-order valence-corrected chi connectivity index (χ3v) is 2.63. The molecule has 0 aliphatic heterocycles. The topological polar surface area (TPSA) is 32.3 Å². The molecule has 0 aliphatic rings. The van der Waals surface area contributed by atoms with Gasteiger partial charge in [0, 0.05) is 11.0 Å². The summed E-state index contributed by atoms with van der Waals surface area (Å²) in [4.78, 5) is 0. The van der Waals surface area contributed by atoms with Crippen LogP contribution in [-0.4, -0.2) is 17.3 Å². The molecule has 5 heteroatoms. The van der Waals surface area contributed by atoms with Gasteiger partial charge in [0.2, 0.25) is 0 Å². The van der Waals surface area contributed by atoms with E-state index in [-0.39, 0.29) is 5.02 Å². The number of hydrogen-bond donors (Lipinski definition) is 2. The van der Waals surface area contributed by atoms with Crippen molar-refractivity contribution < 1.29 is 9.50 Å². The third-order valence-electron chi connectivity index (χ3n) is 1.70. The third kappa shape index (κ3) is 3.97. The fourth-order valence-corrected chi connectivity index (χ4v) is 1.98. The molecule has 2 N–H and O–H groups in total. The first-order chi connectivity index (χ1) is 6.79. The average molecular weight is 297 g/mol. The minimum absolute atomic E-state index is 0.283. The highest BCUT2D eigenvalue weighted by Crippen LogP contribution is 2.31. The predicted molar refractivity (Wildman–Crippen MR) is 63.9 cm³/mol. The standard InChI is InChI=1S/C10H12BrClFNO/c1-10(2,15)5-14-9-7(11)3-6(13)4-8(9)12/h3-4,14-15H,5H2,1-2H3. The van der Waals surface area contributed by atoms with E-state index in [1.54, 1.807) is 13.8 Å². The lowest BCUT2D eigenvalue weighted by Gasteiger charge is -2.19. The fraction of sp³-hybridized carbons (Fsp3) is 0.400. The molecule has 1 rings (SSSR count). The quantitative estimate of drug-likeness (QED) is 0.896. The first-order valence-electron chi connectivity index (χ1n) is 4.40. The monoisotopic (exact) mass is 295 g/mol. The summed E-state index contributed by atoms with van der Waals surface area (Å²) in [6, 6.07) is 2.54. The molecule has 0 unspecified atom stereocenters. The second-order valence-electron chi connectivity index (χ2n) is 3.91. The molecule has 15 heavy (non-hydrogen) atoms. The number of halogens is 3. The maximum atomic E-state index is 12.9. The van der Waals surface area contributed by atoms with Crippen LogP contribution in [0, 0.1) is 5.82 Å². The van der Waals surface area contributed by atoms with Gasteiger partial charge in [0.15, 0.2) is 0 Å². The number of hydrogen-bond acceptors (Lipinski definition) is 2. The van der Waals surface area contributed by atoms with Gasteiger partial charge in [-0.15, -0.1) is 0 Å². The first kappa shape index (κ1) is 12.7. The van der Waals surface area contributed by atoms with Crippen LogP contribution in [-0.2, 0) is 0 Å². The van der Waals surface area contributed by atoms with E-state index in [0.29, 0.717) is 16.7 Å². The minimum atomic E-state index is -0.850. The maximum Gasteiger partial charge on any atom is 0.125 e. The minimum Gasteiger partial charge on any atom is -0.389 e. The van der Waals surface area contributed by atoms with Crippen molar-refractivity contribution in [2.45, 2.75) is 19.4 Å².